The minimum Gasteiger partial charge on any atom is -0.456 e. The molecule has 6 heteroatoms. The third kappa shape index (κ3) is 2.79. The lowest BCUT2D eigenvalue weighted by Crippen LogP contribution is -2.37. The largest absolute Gasteiger partial charge is 0.456 e. The van der Waals surface area contributed by atoms with Crippen LogP contribution in [-0.4, -0.2) is 18.5 Å². The first kappa shape index (κ1) is 17.1. The Morgan fingerprint density at radius 1 is 1.12 bits per heavy atom. The van der Waals surface area contributed by atoms with Gasteiger partial charge >= 0.3 is 5.97 Å². The molecule has 1 atom stereocenters. The minimum atomic E-state index is -0.432. The standard InChI is InChI=1S/C20H15Cl2NO3/c1-11-3-2-4-13(7-11)23-17-10-26-20(25)19(17)15(9-18(23)24)14-6-5-12(21)8-16(14)22/h2-8,15H,9-10H2,1H3/t15-/m0/s1. The van der Waals surface area contributed by atoms with Crippen molar-refractivity contribution in [1.29, 1.82) is 0 Å². The van der Waals surface area contributed by atoms with E-state index in [1.807, 2.05) is 31.2 Å². The van der Waals surface area contributed by atoms with Crippen molar-refractivity contribution in [2.45, 2.75) is 19.3 Å². The van der Waals surface area contributed by atoms with Gasteiger partial charge in [0, 0.05) is 28.1 Å². The fraction of sp³-hybridized carbons (Fsp3) is 0.200. The summed E-state index contributed by atoms with van der Waals surface area (Å²) in [4.78, 5) is 27.0. The van der Waals surface area contributed by atoms with Crippen molar-refractivity contribution in [3.05, 3.63) is 74.9 Å². The number of rotatable bonds is 2. The summed E-state index contributed by atoms with van der Waals surface area (Å²) < 4.78 is 5.27. The second kappa shape index (κ2) is 6.45. The Labute approximate surface area is 161 Å². The number of amides is 1. The molecule has 0 aliphatic carbocycles. The summed E-state index contributed by atoms with van der Waals surface area (Å²) in [5, 5.41) is 0.941. The van der Waals surface area contributed by atoms with Gasteiger partial charge in [-0.15, -0.1) is 0 Å². The molecule has 4 nitrogen and oxygen atoms in total. The van der Waals surface area contributed by atoms with Gasteiger partial charge < -0.3 is 4.74 Å². The first-order valence-corrected chi connectivity index (χ1v) is 8.96. The first-order chi connectivity index (χ1) is 12.5. The highest BCUT2D eigenvalue weighted by molar-refractivity contribution is 6.35. The summed E-state index contributed by atoms with van der Waals surface area (Å²) in [5.74, 6) is -0.928. The van der Waals surface area contributed by atoms with E-state index in [1.165, 1.54) is 0 Å². The predicted octanol–water partition coefficient (Wildman–Crippen LogP) is 4.63. The van der Waals surface area contributed by atoms with E-state index >= 15 is 0 Å². The van der Waals surface area contributed by atoms with Crippen molar-refractivity contribution < 1.29 is 14.3 Å². The molecule has 0 unspecified atom stereocenters. The van der Waals surface area contributed by atoms with Crippen molar-refractivity contribution in [2.75, 3.05) is 11.5 Å². The molecule has 0 fully saturated rings. The minimum absolute atomic E-state index is 0.0789. The van der Waals surface area contributed by atoms with Crippen LogP contribution in [0.1, 0.15) is 23.5 Å². The number of hydrogen-bond donors (Lipinski definition) is 0. The van der Waals surface area contributed by atoms with Gasteiger partial charge in [-0.3, -0.25) is 9.69 Å². The lowest BCUT2D eigenvalue weighted by Gasteiger charge is -2.32. The number of carbonyl (C=O) groups is 2. The molecule has 2 aliphatic rings. The van der Waals surface area contributed by atoms with E-state index < -0.39 is 11.9 Å². The fourth-order valence-corrected chi connectivity index (χ4v) is 4.11. The van der Waals surface area contributed by atoms with Crippen molar-refractivity contribution in [2.24, 2.45) is 0 Å². The molecule has 0 radical (unpaired) electrons. The molecule has 2 heterocycles. The van der Waals surface area contributed by atoms with E-state index in [-0.39, 0.29) is 18.9 Å². The molecule has 4 rings (SSSR count). The average molecular weight is 388 g/mol. The molecule has 132 valence electrons. The molecule has 0 saturated heterocycles. The molecule has 0 bridgehead atoms. The van der Waals surface area contributed by atoms with Gasteiger partial charge in [0.15, 0.2) is 0 Å². The van der Waals surface area contributed by atoms with E-state index in [2.05, 4.69) is 0 Å². The van der Waals surface area contributed by atoms with Crippen LogP contribution in [0.3, 0.4) is 0 Å². The topological polar surface area (TPSA) is 46.6 Å². The van der Waals surface area contributed by atoms with Crippen molar-refractivity contribution in [3.63, 3.8) is 0 Å². The summed E-state index contributed by atoms with van der Waals surface area (Å²) in [6, 6.07) is 12.7. The number of hydrogen-bond acceptors (Lipinski definition) is 3. The monoisotopic (exact) mass is 387 g/mol. The van der Waals surface area contributed by atoms with Gasteiger partial charge in [-0.2, -0.15) is 0 Å². The lowest BCUT2D eigenvalue weighted by molar-refractivity contribution is -0.136. The number of halogens is 2. The Kier molecular flexibility index (Phi) is 4.25. The van der Waals surface area contributed by atoms with Gasteiger partial charge in [0.05, 0.1) is 11.3 Å². The number of anilines is 1. The van der Waals surface area contributed by atoms with E-state index in [0.717, 1.165) is 11.3 Å². The van der Waals surface area contributed by atoms with Crippen LogP contribution < -0.4 is 4.90 Å². The Hall–Kier alpha value is -2.30. The van der Waals surface area contributed by atoms with Gasteiger partial charge in [-0.25, -0.2) is 4.79 Å². The van der Waals surface area contributed by atoms with E-state index in [0.29, 0.717) is 26.9 Å². The molecular formula is C20H15Cl2NO3. The number of aryl methyl sites for hydroxylation is 1. The molecule has 2 aromatic rings. The number of nitrogens with zero attached hydrogens (tertiary/aromatic N) is 1. The highest BCUT2D eigenvalue weighted by Gasteiger charge is 2.43. The molecule has 0 spiro atoms. The Morgan fingerprint density at radius 2 is 1.92 bits per heavy atom. The summed E-state index contributed by atoms with van der Waals surface area (Å²) in [7, 11) is 0. The fourth-order valence-electron chi connectivity index (χ4n) is 3.57. The molecule has 1 amide bonds. The quantitative estimate of drug-likeness (QED) is 0.705. The predicted molar refractivity (Wildman–Crippen MR) is 100 cm³/mol. The number of benzene rings is 2. The SMILES string of the molecule is Cc1cccc(N2C(=O)C[C@@H](c3ccc(Cl)cc3Cl)C3=C2COC3=O)c1. The van der Waals surface area contributed by atoms with Crippen LogP contribution in [-0.2, 0) is 14.3 Å². The van der Waals surface area contributed by atoms with Crippen LogP contribution in [0.5, 0.6) is 0 Å². The summed E-state index contributed by atoms with van der Waals surface area (Å²) >= 11 is 12.3. The second-order valence-electron chi connectivity index (χ2n) is 6.43. The maximum atomic E-state index is 13.0. The number of cyclic esters (lactones) is 1. The third-order valence-corrected chi connectivity index (χ3v) is 5.28. The van der Waals surface area contributed by atoms with Gasteiger partial charge in [0.1, 0.15) is 6.61 Å². The van der Waals surface area contributed by atoms with Gasteiger partial charge in [0.25, 0.3) is 0 Å². The lowest BCUT2D eigenvalue weighted by atomic mass is 9.84. The molecule has 0 saturated carbocycles. The molecule has 26 heavy (non-hydrogen) atoms. The zero-order valence-corrected chi connectivity index (χ0v) is 15.5. The highest BCUT2D eigenvalue weighted by Crippen LogP contribution is 2.44. The molecule has 2 aromatic carbocycles. The van der Waals surface area contributed by atoms with Gasteiger partial charge in [-0.05, 0) is 42.3 Å². The normalized spacial score (nSPS) is 19.7. The average Bonchev–Trinajstić information content (AvgIpc) is 2.96. The maximum Gasteiger partial charge on any atom is 0.336 e. The number of ether oxygens (including phenoxy) is 1. The summed E-state index contributed by atoms with van der Waals surface area (Å²) in [5.41, 5.74) is 3.56. The Morgan fingerprint density at radius 3 is 2.65 bits per heavy atom. The third-order valence-electron chi connectivity index (χ3n) is 4.72. The highest BCUT2D eigenvalue weighted by atomic mass is 35.5. The van der Waals surface area contributed by atoms with Gasteiger partial charge in [0.2, 0.25) is 5.91 Å². The van der Waals surface area contributed by atoms with Crippen LogP contribution in [0.15, 0.2) is 53.7 Å². The summed E-state index contributed by atoms with van der Waals surface area (Å²) in [6.45, 7) is 2.04. The van der Waals surface area contributed by atoms with Crippen molar-refractivity contribution in [1.82, 2.24) is 0 Å². The van der Waals surface area contributed by atoms with Crippen LogP contribution in [0.4, 0.5) is 5.69 Å². The van der Waals surface area contributed by atoms with Gasteiger partial charge in [-0.1, -0.05) is 41.4 Å². The number of carbonyl (C=O) groups excluding carboxylic acids is 2. The summed E-state index contributed by atoms with van der Waals surface area (Å²) in [6.07, 6.45) is 0.142. The maximum absolute atomic E-state index is 13.0. The zero-order valence-electron chi connectivity index (χ0n) is 14.0. The molecule has 2 aliphatic heterocycles. The van der Waals surface area contributed by atoms with Crippen LogP contribution >= 0.6 is 23.2 Å². The van der Waals surface area contributed by atoms with Crippen molar-refractivity contribution in [3.8, 4) is 0 Å². The van der Waals surface area contributed by atoms with E-state index in [9.17, 15) is 9.59 Å². The molecule has 0 N–H and O–H groups in total. The Bertz CT molecular complexity index is 967. The van der Waals surface area contributed by atoms with E-state index in [1.54, 1.807) is 23.1 Å². The zero-order chi connectivity index (χ0) is 18.4. The van der Waals surface area contributed by atoms with Crippen LogP contribution in [0.25, 0.3) is 0 Å². The molecular weight excluding hydrogens is 373 g/mol. The number of esters is 1. The first-order valence-electron chi connectivity index (χ1n) is 8.20. The smallest absolute Gasteiger partial charge is 0.336 e. The Balaban J connectivity index is 1.85. The van der Waals surface area contributed by atoms with Crippen LogP contribution in [0.2, 0.25) is 10.0 Å². The van der Waals surface area contributed by atoms with Crippen molar-refractivity contribution >= 4 is 40.8 Å². The van der Waals surface area contributed by atoms with E-state index in [4.69, 9.17) is 27.9 Å². The second-order valence-corrected chi connectivity index (χ2v) is 7.27. The molecule has 0 aromatic heterocycles. The van der Waals surface area contributed by atoms with Crippen LogP contribution in [0, 0.1) is 6.92 Å².